The maximum Gasteiger partial charge on any atom is 0.416 e. The fourth-order valence-electron chi connectivity index (χ4n) is 3.27. The van der Waals surface area contributed by atoms with Crippen molar-refractivity contribution >= 4 is 5.91 Å². The zero-order chi connectivity index (χ0) is 19.4. The Hall–Kier alpha value is -2.41. The molecule has 0 spiro atoms. The average molecular weight is 377 g/mol. The Bertz CT molecular complexity index is 807. The van der Waals surface area contributed by atoms with Crippen molar-refractivity contribution in [3.63, 3.8) is 0 Å². The minimum Gasteiger partial charge on any atom is -0.341 e. The maximum absolute atomic E-state index is 13.1. The first-order valence-electron chi connectivity index (χ1n) is 8.93. The first kappa shape index (κ1) is 19.4. The molecule has 0 aliphatic carbocycles. The standard InChI is InChI=1S/C20H22F3N3O/c1-14-16(6-3-9-24-14)12-25-18(13-26-10-4-8-19(26)27)15-5-2-7-17(11-15)20(21,22)23/h2-3,5-7,9,11,18,25H,4,8,10,12-13H2,1H3. The summed E-state index contributed by atoms with van der Waals surface area (Å²) in [6, 6.07) is 8.67. The lowest BCUT2D eigenvalue weighted by atomic mass is 10.0. The number of halogens is 3. The van der Waals surface area contributed by atoms with Crippen molar-refractivity contribution in [2.75, 3.05) is 13.1 Å². The van der Waals surface area contributed by atoms with Crippen molar-refractivity contribution in [1.29, 1.82) is 0 Å². The minimum absolute atomic E-state index is 0.0475. The van der Waals surface area contributed by atoms with Gasteiger partial charge < -0.3 is 10.2 Å². The quantitative estimate of drug-likeness (QED) is 0.831. The lowest BCUT2D eigenvalue weighted by molar-refractivity contribution is -0.137. The summed E-state index contributed by atoms with van der Waals surface area (Å²) in [5.74, 6) is 0.0475. The van der Waals surface area contributed by atoms with E-state index in [2.05, 4.69) is 10.3 Å². The van der Waals surface area contributed by atoms with Crippen LogP contribution in [-0.4, -0.2) is 28.9 Å². The SMILES string of the molecule is Cc1ncccc1CNC(CN1CCCC1=O)c1cccc(C(F)(F)F)c1. The molecule has 1 aromatic heterocycles. The van der Waals surface area contributed by atoms with Gasteiger partial charge in [0.1, 0.15) is 0 Å². The van der Waals surface area contributed by atoms with Gasteiger partial charge >= 0.3 is 6.18 Å². The fraction of sp³-hybridized carbons (Fsp3) is 0.400. The van der Waals surface area contributed by atoms with Crippen LogP contribution >= 0.6 is 0 Å². The van der Waals surface area contributed by atoms with Crippen LogP contribution in [0.4, 0.5) is 13.2 Å². The summed E-state index contributed by atoms with van der Waals surface area (Å²) in [6.45, 7) is 3.34. The van der Waals surface area contributed by atoms with E-state index in [0.29, 0.717) is 31.6 Å². The van der Waals surface area contributed by atoms with Gasteiger partial charge in [-0.05, 0) is 42.7 Å². The van der Waals surface area contributed by atoms with Gasteiger partial charge in [-0.2, -0.15) is 13.2 Å². The van der Waals surface area contributed by atoms with Crippen LogP contribution in [0, 0.1) is 6.92 Å². The summed E-state index contributed by atoms with van der Waals surface area (Å²) >= 11 is 0. The fourth-order valence-corrected chi connectivity index (χ4v) is 3.27. The minimum atomic E-state index is -4.40. The third kappa shape index (κ3) is 4.86. The molecule has 4 nitrogen and oxygen atoms in total. The second-order valence-corrected chi connectivity index (χ2v) is 6.75. The predicted molar refractivity (Wildman–Crippen MR) is 95.8 cm³/mol. The molecule has 1 aliphatic heterocycles. The third-order valence-electron chi connectivity index (χ3n) is 4.85. The van der Waals surface area contributed by atoms with E-state index in [9.17, 15) is 18.0 Å². The molecule has 1 atom stereocenters. The van der Waals surface area contributed by atoms with Crippen molar-refractivity contribution in [2.45, 2.75) is 38.5 Å². The number of nitrogens with one attached hydrogen (secondary N) is 1. The summed E-state index contributed by atoms with van der Waals surface area (Å²) in [5.41, 5.74) is 1.68. The average Bonchev–Trinajstić information content (AvgIpc) is 3.04. The van der Waals surface area contributed by atoms with Crippen LogP contribution < -0.4 is 5.32 Å². The maximum atomic E-state index is 13.1. The van der Waals surface area contributed by atoms with Crippen LogP contribution in [0.1, 0.15) is 41.3 Å². The number of carbonyl (C=O) groups excluding carboxylic acids is 1. The molecule has 27 heavy (non-hydrogen) atoms. The molecule has 1 aromatic carbocycles. The molecule has 2 aromatic rings. The van der Waals surface area contributed by atoms with Gasteiger partial charge in [-0.15, -0.1) is 0 Å². The zero-order valence-electron chi connectivity index (χ0n) is 15.1. The molecular weight excluding hydrogens is 355 g/mol. The number of pyridine rings is 1. The summed E-state index contributed by atoms with van der Waals surface area (Å²) in [6.07, 6.45) is -1.41. The van der Waals surface area contributed by atoms with Crippen LogP contribution in [0.2, 0.25) is 0 Å². The molecule has 1 N–H and O–H groups in total. The number of hydrogen-bond donors (Lipinski definition) is 1. The Morgan fingerprint density at radius 2 is 2.07 bits per heavy atom. The van der Waals surface area contributed by atoms with Gasteiger partial charge in [0.05, 0.1) is 11.6 Å². The topological polar surface area (TPSA) is 45.2 Å². The number of rotatable bonds is 6. The number of hydrogen-bond acceptors (Lipinski definition) is 3. The van der Waals surface area contributed by atoms with Gasteiger partial charge in [-0.1, -0.05) is 18.2 Å². The predicted octanol–water partition coefficient (Wildman–Crippen LogP) is 3.86. The second-order valence-electron chi connectivity index (χ2n) is 6.75. The van der Waals surface area contributed by atoms with E-state index in [4.69, 9.17) is 0 Å². The van der Waals surface area contributed by atoms with Crippen LogP contribution in [-0.2, 0) is 17.5 Å². The van der Waals surface area contributed by atoms with E-state index in [-0.39, 0.29) is 5.91 Å². The number of benzene rings is 1. The summed E-state index contributed by atoms with van der Waals surface area (Å²) in [7, 11) is 0. The van der Waals surface area contributed by atoms with Crippen LogP contribution in [0.25, 0.3) is 0 Å². The Morgan fingerprint density at radius 3 is 2.74 bits per heavy atom. The van der Waals surface area contributed by atoms with E-state index in [0.717, 1.165) is 29.8 Å². The van der Waals surface area contributed by atoms with Crippen molar-refractivity contribution in [1.82, 2.24) is 15.2 Å². The number of carbonyl (C=O) groups is 1. The number of alkyl halides is 3. The van der Waals surface area contributed by atoms with E-state index in [1.807, 2.05) is 19.1 Å². The summed E-state index contributed by atoms with van der Waals surface area (Å²) < 4.78 is 39.3. The zero-order valence-corrected chi connectivity index (χ0v) is 15.1. The lowest BCUT2D eigenvalue weighted by Crippen LogP contribution is -2.36. The molecule has 2 heterocycles. The Labute approximate surface area is 156 Å². The Morgan fingerprint density at radius 1 is 1.26 bits per heavy atom. The first-order chi connectivity index (χ1) is 12.8. The molecule has 1 amide bonds. The largest absolute Gasteiger partial charge is 0.416 e. The Balaban J connectivity index is 1.83. The highest BCUT2D eigenvalue weighted by atomic mass is 19.4. The number of nitrogens with zero attached hydrogens (tertiary/aromatic N) is 2. The number of likely N-dealkylation sites (tertiary alicyclic amines) is 1. The van der Waals surface area contributed by atoms with Crippen LogP contribution in [0.5, 0.6) is 0 Å². The monoisotopic (exact) mass is 377 g/mol. The smallest absolute Gasteiger partial charge is 0.341 e. The number of amides is 1. The van der Waals surface area contributed by atoms with Gasteiger partial charge in [0.2, 0.25) is 5.91 Å². The van der Waals surface area contributed by atoms with E-state index in [1.54, 1.807) is 17.2 Å². The van der Waals surface area contributed by atoms with E-state index >= 15 is 0 Å². The van der Waals surface area contributed by atoms with Gasteiger partial charge in [0.25, 0.3) is 0 Å². The second kappa shape index (κ2) is 8.08. The highest BCUT2D eigenvalue weighted by Crippen LogP contribution is 2.31. The van der Waals surface area contributed by atoms with Gasteiger partial charge in [0, 0.05) is 37.9 Å². The number of aromatic nitrogens is 1. The van der Waals surface area contributed by atoms with E-state index in [1.165, 1.54) is 6.07 Å². The summed E-state index contributed by atoms with van der Waals surface area (Å²) in [4.78, 5) is 18.0. The van der Waals surface area contributed by atoms with Crippen LogP contribution in [0.3, 0.4) is 0 Å². The molecule has 3 rings (SSSR count). The van der Waals surface area contributed by atoms with Gasteiger partial charge in [0.15, 0.2) is 0 Å². The van der Waals surface area contributed by atoms with Crippen molar-refractivity contribution < 1.29 is 18.0 Å². The van der Waals surface area contributed by atoms with Crippen molar-refractivity contribution in [2.24, 2.45) is 0 Å². The van der Waals surface area contributed by atoms with Crippen molar-refractivity contribution in [3.8, 4) is 0 Å². The molecular formula is C20H22F3N3O. The van der Waals surface area contributed by atoms with E-state index < -0.39 is 17.8 Å². The third-order valence-corrected chi connectivity index (χ3v) is 4.85. The molecule has 0 saturated carbocycles. The molecule has 1 saturated heterocycles. The highest BCUT2D eigenvalue weighted by molar-refractivity contribution is 5.78. The number of aryl methyl sites for hydroxylation is 1. The Kier molecular flexibility index (Phi) is 5.79. The molecule has 0 bridgehead atoms. The van der Waals surface area contributed by atoms with Gasteiger partial charge in [-0.3, -0.25) is 9.78 Å². The highest BCUT2D eigenvalue weighted by Gasteiger charge is 2.31. The molecule has 0 radical (unpaired) electrons. The molecule has 1 unspecified atom stereocenters. The molecule has 1 fully saturated rings. The lowest BCUT2D eigenvalue weighted by Gasteiger charge is -2.26. The normalized spacial score (nSPS) is 16.0. The van der Waals surface area contributed by atoms with Crippen molar-refractivity contribution in [3.05, 3.63) is 65.0 Å². The van der Waals surface area contributed by atoms with Gasteiger partial charge in [-0.25, -0.2) is 0 Å². The summed E-state index contributed by atoms with van der Waals surface area (Å²) in [5, 5.41) is 3.32. The molecule has 144 valence electrons. The molecule has 1 aliphatic rings. The molecule has 7 heteroatoms. The van der Waals surface area contributed by atoms with Crippen LogP contribution in [0.15, 0.2) is 42.6 Å². The first-order valence-corrected chi connectivity index (χ1v) is 8.93.